The second-order valence-electron chi connectivity index (χ2n) is 3.93. The Balaban J connectivity index is 2.04. The Bertz CT molecular complexity index is 509. The first-order chi connectivity index (χ1) is 8.25. The summed E-state index contributed by atoms with van der Waals surface area (Å²) in [4.78, 5) is 15.0. The van der Waals surface area contributed by atoms with Gasteiger partial charge in [-0.05, 0) is 30.0 Å². The molecule has 2 rings (SSSR count). The first-order valence-corrected chi connectivity index (χ1v) is 5.53. The van der Waals surface area contributed by atoms with Gasteiger partial charge in [0, 0.05) is 12.4 Å². The van der Waals surface area contributed by atoms with E-state index in [0.29, 0.717) is 5.56 Å². The number of rotatable bonds is 4. The predicted octanol–water partition coefficient (Wildman–Crippen LogP) is 1.97. The molecule has 0 unspecified atom stereocenters. The monoisotopic (exact) mass is 226 g/mol. The number of amides is 1. The molecular formula is C14H14N2O. The van der Waals surface area contributed by atoms with Gasteiger partial charge in [0.2, 0.25) is 5.91 Å². The summed E-state index contributed by atoms with van der Waals surface area (Å²) in [5.74, 6) is -0.431. The Morgan fingerprint density at radius 2 is 1.76 bits per heavy atom. The lowest BCUT2D eigenvalue weighted by atomic mass is 10.0. The highest BCUT2D eigenvalue weighted by atomic mass is 16.1. The van der Waals surface area contributed by atoms with E-state index in [2.05, 4.69) is 17.1 Å². The molecule has 0 spiro atoms. The summed E-state index contributed by atoms with van der Waals surface area (Å²) in [6, 6.07) is 12.0. The average Bonchev–Trinajstić information content (AvgIpc) is 2.38. The third kappa shape index (κ3) is 3.14. The second kappa shape index (κ2) is 5.25. The molecule has 2 N–H and O–H groups in total. The highest BCUT2D eigenvalue weighted by molar-refractivity contribution is 5.92. The van der Waals surface area contributed by atoms with Gasteiger partial charge in [0.1, 0.15) is 0 Å². The standard InChI is InChI=1S/C14H14N2O/c15-14(17)13-8-12(9-16-10-13)7-6-11-4-2-1-3-5-11/h1-5,8-10H,6-7H2,(H2,15,17). The van der Waals surface area contributed by atoms with Crippen LogP contribution < -0.4 is 5.73 Å². The number of carbonyl (C=O) groups excluding carboxylic acids is 1. The topological polar surface area (TPSA) is 56.0 Å². The lowest BCUT2D eigenvalue weighted by Crippen LogP contribution is -2.11. The molecule has 0 radical (unpaired) electrons. The molecule has 3 heteroatoms. The first kappa shape index (κ1) is 11.3. The van der Waals surface area contributed by atoms with Crippen molar-refractivity contribution in [3.8, 4) is 0 Å². The van der Waals surface area contributed by atoms with E-state index in [4.69, 9.17) is 5.73 Å². The van der Waals surface area contributed by atoms with Gasteiger partial charge in [-0.2, -0.15) is 0 Å². The van der Waals surface area contributed by atoms with Crippen molar-refractivity contribution in [1.82, 2.24) is 4.98 Å². The summed E-state index contributed by atoms with van der Waals surface area (Å²) in [5, 5.41) is 0. The van der Waals surface area contributed by atoms with Crippen LogP contribution in [-0.2, 0) is 12.8 Å². The number of pyridine rings is 1. The molecule has 2 aromatic rings. The Morgan fingerprint density at radius 3 is 2.47 bits per heavy atom. The van der Waals surface area contributed by atoms with Gasteiger partial charge in [0.15, 0.2) is 0 Å². The van der Waals surface area contributed by atoms with E-state index < -0.39 is 5.91 Å². The number of carbonyl (C=O) groups is 1. The number of aromatic nitrogens is 1. The Labute approximate surface area is 100 Å². The maximum absolute atomic E-state index is 11.0. The van der Waals surface area contributed by atoms with Gasteiger partial charge in [0.05, 0.1) is 5.56 Å². The van der Waals surface area contributed by atoms with E-state index in [1.807, 2.05) is 18.2 Å². The molecule has 3 nitrogen and oxygen atoms in total. The molecule has 0 aliphatic heterocycles. The van der Waals surface area contributed by atoms with Gasteiger partial charge >= 0.3 is 0 Å². The van der Waals surface area contributed by atoms with Gasteiger partial charge in [0.25, 0.3) is 0 Å². The fourth-order valence-electron chi connectivity index (χ4n) is 1.69. The number of hydrogen-bond donors (Lipinski definition) is 1. The van der Waals surface area contributed by atoms with E-state index in [-0.39, 0.29) is 0 Å². The minimum Gasteiger partial charge on any atom is -0.366 e. The van der Waals surface area contributed by atoms with Crippen molar-refractivity contribution in [2.45, 2.75) is 12.8 Å². The molecular weight excluding hydrogens is 212 g/mol. The van der Waals surface area contributed by atoms with Crippen LogP contribution in [0, 0.1) is 0 Å². The fourth-order valence-corrected chi connectivity index (χ4v) is 1.69. The zero-order valence-electron chi connectivity index (χ0n) is 9.47. The molecule has 17 heavy (non-hydrogen) atoms. The van der Waals surface area contributed by atoms with Crippen molar-refractivity contribution in [1.29, 1.82) is 0 Å². The number of primary amides is 1. The van der Waals surface area contributed by atoms with E-state index >= 15 is 0 Å². The molecule has 86 valence electrons. The Morgan fingerprint density at radius 1 is 1.06 bits per heavy atom. The maximum Gasteiger partial charge on any atom is 0.250 e. The van der Waals surface area contributed by atoms with E-state index in [9.17, 15) is 4.79 Å². The first-order valence-electron chi connectivity index (χ1n) is 5.53. The van der Waals surface area contributed by atoms with E-state index in [0.717, 1.165) is 18.4 Å². The third-order valence-electron chi connectivity index (χ3n) is 2.62. The highest BCUT2D eigenvalue weighted by Gasteiger charge is 2.02. The largest absolute Gasteiger partial charge is 0.366 e. The lowest BCUT2D eigenvalue weighted by molar-refractivity contribution is 0.1000. The number of nitrogens with two attached hydrogens (primary N) is 1. The summed E-state index contributed by atoms with van der Waals surface area (Å²) >= 11 is 0. The van der Waals surface area contributed by atoms with Crippen LogP contribution in [0.15, 0.2) is 48.8 Å². The normalized spacial score (nSPS) is 10.1. The van der Waals surface area contributed by atoms with Crippen molar-refractivity contribution in [3.05, 3.63) is 65.5 Å². The Hall–Kier alpha value is -2.16. The van der Waals surface area contributed by atoms with Crippen molar-refractivity contribution >= 4 is 5.91 Å². The molecule has 1 amide bonds. The summed E-state index contributed by atoms with van der Waals surface area (Å²) in [6.45, 7) is 0. The van der Waals surface area contributed by atoms with E-state index in [1.54, 1.807) is 12.3 Å². The van der Waals surface area contributed by atoms with Crippen molar-refractivity contribution in [3.63, 3.8) is 0 Å². The van der Waals surface area contributed by atoms with Gasteiger partial charge < -0.3 is 5.73 Å². The van der Waals surface area contributed by atoms with Gasteiger partial charge in [-0.1, -0.05) is 30.3 Å². The quantitative estimate of drug-likeness (QED) is 0.866. The van der Waals surface area contributed by atoms with E-state index in [1.165, 1.54) is 11.8 Å². The van der Waals surface area contributed by atoms with Gasteiger partial charge in [-0.3, -0.25) is 9.78 Å². The maximum atomic E-state index is 11.0. The van der Waals surface area contributed by atoms with Crippen LogP contribution in [0.25, 0.3) is 0 Å². The number of benzene rings is 1. The average molecular weight is 226 g/mol. The molecule has 0 atom stereocenters. The molecule has 0 fully saturated rings. The predicted molar refractivity (Wildman–Crippen MR) is 66.6 cm³/mol. The van der Waals surface area contributed by atoms with Crippen molar-refractivity contribution in [2.75, 3.05) is 0 Å². The van der Waals surface area contributed by atoms with Crippen LogP contribution in [0.1, 0.15) is 21.5 Å². The molecule has 1 aromatic carbocycles. The number of hydrogen-bond acceptors (Lipinski definition) is 2. The minimum atomic E-state index is -0.431. The van der Waals surface area contributed by atoms with Crippen LogP contribution in [0.2, 0.25) is 0 Å². The SMILES string of the molecule is NC(=O)c1cncc(CCc2ccccc2)c1. The molecule has 0 saturated heterocycles. The van der Waals surface area contributed by atoms with Crippen LogP contribution in [0.4, 0.5) is 0 Å². The smallest absolute Gasteiger partial charge is 0.250 e. The molecule has 1 aromatic heterocycles. The summed E-state index contributed by atoms with van der Waals surface area (Å²) in [7, 11) is 0. The highest BCUT2D eigenvalue weighted by Crippen LogP contribution is 2.08. The summed E-state index contributed by atoms with van der Waals surface area (Å²) in [6.07, 6.45) is 5.06. The van der Waals surface area contributed by atoms with Crippen molar-refractivity contribution < 1.29 is 4.79 Å². The van der Waals surface area contributed by atoms with Crippen LogP contribution in [0.5, 0.6) is 0 Å². The third-order valence-corrected chi connectivity index (χ3v) is 2.62. The number of nitrogens with zero attached hydrogens (tertiary/aromatic N) is 1. The minimum absolute atomic E-state index is 0.431. The summed E-state index contributed by atoms with van der Waals surface area (Å²) < 4.78 is 0. The Kier molecular flexibility index (Phi) is 3.50. The van der Waals surface area contributed by atoms with Crippen molar-refractivity contribution in [2.24, 2.45) is 5.73 Å². The molecule has 0 aliphatic rings. The fraction of sp³-hybridized carbons (Fsp3) is 0.143. The molecule has 0 bridgehead atoms. The van der Waals surface area contributed by atoms with Crippen LogP contribution >= 0.6 is 0 Å². The zero-order chi connectivity index (χ0) is 12.1. The zero-order valence-corrected chi connectivity index (χ0v) is 9.47. The molecule has 0 saturated carbocycles. The summed E-state index contributed by atoms with van der Waals surface area (Å²) in [5.41, 5.74) is 7.99. The molecule has 1 heterocycles. The van der Waals surface area contributed by atoms with Gasteiger partial charge in [-0.25, -0.2) is 0 Å². The van der Waals surface area contributed by atoms with Crippen LogP contribution in [0.3, 0.4) is 0 Å². The lowest BCUT2D eigenvalue weighted by Gasteiger charge is -2.03. The second-order valence-corrected chi connectivity index (χ2v) is 3.93. The van der Waals surface area contributed by atoms with Gasteiger partial charge in [-0.15, -0.1) is 0 Å². The molecule has 0 aliphatic carbocycles. The number of aryl methyl sites for hydroxylation is 2. The van der Waals surface area contributed by atoms with Crippen LogP contribution in [-0.4, -0.2) is 10.9 Å².